The van der Waals surface area contributed by atoms with Crippen LogP contribution >= 0.6 is 34.8 Å². The highest BCUT2D eigenvalue weighted by Crippen LogP contribution is 2.30. The summed E-state index contributed by atoms with van der Waals surface area (Å²) in [5.41, 5.74) is 0. The van der Waals surface area contributed by atoms with Crippen molar-refractivity contribution in [2.24, 2.45) is 0 Å². The number of carbonyl (C=O) groups excluding carboxylic acids is 1. The van der Waals surface area contributed by atoms with Gasteiger partial charge in [0.15, 0.2) is 11.8 Å². The predicted octanol–water partition coefficient (Wildman–Crippen LogP) is 1.72. The van der Waals surface area contributed by atoms with Crippen molar-refractivity contribution in [2.45, 2.75) is 12.4 Å². The molecule has 1 aromatic heterocycles. The summed E-state index contributed by atoms with van der Waals surface area (Å²) in [6.07, 6.45) is -1.57. The van der Waals surface area contributed by atoms with Gasteiger partial charge in [0, 0.05) is 0 Å². The van der Waals surface area contributed by atoms with Crippen molar-refractivity contribution >= 4 is 40.6 Å². The monoisotopic (exact) mass is 341 g/mol. The van der Waals surface area contributed by atoms with Crippen molar-refractivity contribution in [3.63, 3.8) is 0 Å². The molecule has 1 N–H and O–H groups in total. The van der Waals surface area contributed by atoms with Gasteiger partial charge in [-0.15, -0.1) is 0 Å². The van der Waals surface area contributed by atoms with Crippen LogP contribution in [0.3, 0.4) is 0 Å². The Morgan fingerprint density at radius 3 is 2.85 bits per heavy atom. The second-order valence-corrected chi connectivity index (χ2v) is 5.08. The molecule has 0 radical (unpaired) electrons. The molecule has 0 spiro atoms. The van der Waals surface area contributed by atoms with Crippen molar-refractivity contribution in [1.29, 1.82) is 0 Å². The first-order valence-corrected chi connectivity index (χ1v) is 6.69. The zero-order valence-electron chi connectivity index (χ0n) is 10.0. The Bertz CT molecular complexity index is 513. The molecule has 0 bridgehead atoms. The number of aliphatic hydroxyl groups excluding tert-OH is 1. The van der Waals surface area contributed by atoms with Crippen LogP contribution in [0, 0.1) is 0 Å². The fourth-order valence-corrected chi connectivity index (χ4v) is 1.99. The maximum absolute atomic E-state index is 11.8. The highest BCUT2D eigenvalue weighted by Gasteiger charge is 2.31. The number of nitrogens with zero attached hydrogens (tertiary/aromatic N) is 1. The summed E-state index contributed by atoms with van der Waals surface area (Å²) < 4.78 is 15.4. The summed E-state index contributed by atoms with van der Waals surface area (Å²) in [4.78, 5) is 15.6. The summed E-state index contributed by atoms with van der Waals surface area (Å²) in [5.74, 6) is -0.462. The predicted molar refractivity (Wildman–Crippen MR) is 71.5 cm³/mol. The number of aromatic nitrogens is 1. The second kappa shape index (κ2) is 6.89. The number of pyridine rings is 1. The van der Waals surface area contributed by atoms with E-state index in [9.17, 15) is 4.79 Å². The van der Waals surface area contributed by atoms with Gasteiger partial charge in [-0.25, -0.2) is 0 Å². The molecule has 0 saturated carbocycles. The number of rotatable bonds is 5. The maximum atomic E-state index is 11.8. The third-order valence-corrected chi connectivity index (χ3v) is 3.37. The standard InChI is InChI=1S/C11H10Cl3NO5/c12-6-1-7(13)10(15-9(6)14)18-4-8(17)11-19-3-5(2-16)20-11/h1,5,11,16H,2-4H2. The Labute approximate surface area is 129 Å². The minimum absolute atomic E-state index is 0.00822. The third kappa shape index (κ3) is 3.72. The van der Waals surface area contributed by atoms with Gasteiger partial charge in [0.25, 0.3) is 0 Å². The fraction of sp³-hybridized carbons (Fsp3) is 0.455. The summed E-state index contributed by atoms with van der Waals surface area (Å²) >= 11 is 17.3. The molecule has 20 heavy (non-hydrogen) atoms. The van der Waals surface area contributed by atoms with Crippen LogP contribution in [-0.4, -0.2) is 48.1 Å². The van der Waals surface area contributed by atoms with E-state index >= 15 is 0 Å². The number of Topliss-reactive ketones (excluding diaryl/α,β-unsaturated/α-hetero) is 1. The summed E-state index contributed by atoms with van der Waals surface area (Å²) in [6.45, 7) is -0.420. The molecule has 1 aliphatic heterocycles. The number of carbonyl (C=O) groups is 1. The van der Waals surface area contributed by atoms with Crippen LogP contribution in [0.1, 0.15) is 0 Å². The molecule has 1 saturated heterocycles. The molecule has 110 valence electrons. The van der Waals surface area contributed by atoms with Crippen LogP contribution in [0.2, 0.25) is 15.2 Å². The average molecular weight is 343 g/mol. The third-order valence-electron chi connectivity index (χ3n) is 2.42. The highest BCUT2D eigenvalue weighted by molar-refractivity contribution is 6.42. The molecular formula is C11H10Cl3NO5. The summed E-state index contributed by atoms with van der Waals surface area (Å²) in [6, 6.07) is 1.36. The number of ketones is 1. The van der Waals surface area contributed by atoms with Gasteiger partial charge in [0.05, 0.1) is 18.2 Å². The van der Waals surface area contributed by atoms with Crippen LogP contribution < -0.4 is 4.74 Å². The van der Waals surface area contributed by atoms with Crippen LogP contribution in [0.5, 0.6) is 5.88 Å². The second-order valence-electron chi connectivity index (χ2n) is 3.91. The molecule has 2 unspecified atom stereocenters. The van der Waals surface area contributed by atoms with Crippen LogP contribution in [-0.2, 0) is 14.3 Å². The molecular weight excluding hydrogens is 332 g/mol. The molecule has 1 fully saturated rings. The minimum atomic E-state index is -1.06. The number of halogens is 3. The Kier molecular flexibility index (Phi) is 5.42. The molecule has 1 aliphatic rings. The number of hydrogen-bond donors (Lipinski definition) is 1. The van der Waals surface area contributed by atoms with Crippen LogP contribution in [0.15, 0.2) is 6.07 Å². The zero-order chi connectivity index (χ0) is 14.7. The van der Waals surface area contributed by atoms with Gasteiger partial charge < -0.3 is 19.3 Å². The molecule has 9 heteroatoms. The molecule has 1 aromatic rings. The molecule has 2 rings (SSSR count). The van der Waals surface area contributed by atoms with Crippen LogP contribution in [0.25, 0.3) is 0 Å². The quantitative estimate of drug-likeness (QED) is 0.821. The van der Waals surface area contributed by atoms with Crippen LogP contribution in [0.4, 0.5) is 0 Å². The largest absolute Gasteiger partial charge is 0.468 e. The molecule has 0 aromatic carbocycles. The highest BCUT2D eigenvalue weighted by atomic mass is 35.5. The van der Waals surface area contributed by atoms with Crippen molar-refractivity contribution in [3.8, 4) is 5.88 Å². The Hall–Kier alpha value is -0.630. The van der Waals surface area contributed by atoms with E-state index in [0.717, 1.165) is 0 Å². The Morgan fingerprint density at radius 2 is 2.20 bits per heavy atom. The fourth-order valence-electron chi connectivity index (χ4n) is 1.45. The minimum Gasteiger partial charge on any atom is -0.468 e. The smallest absolute Gasteiger partial charge is 0.234 e. The van der Waals surface area contributed by atoms with Gasteiger partial charge in [-0.3, -0.25) is 4.79 Å². The number of aliphatic hydroxyl groups is 1. The van der Waals surface area contributed by atoms with Crippen molar-refractivity contribution < 1.29 is 24.1 Å². The molecule has 0 amide bonds. The van der Waals surface area contributed by atoms with Gasteiger partial charge in [-0.1, -0.05) is 34.8 Å². The van der Waals surface area contributed by atoms with E-state index in [4.69, 9.17) is 54.1 Å². The first-order valence-electron chi connectivity index (χ1n) is 5.56. The average Bonchev–Trinajstić information content (AvgIpc) is 2.90. The molecule has 6 nitrogen and oxygen atoms in total. The van der Waals surface area contributed by atoms with E-state index in [1.807, 2.05) is 0 Å². The lowest BCUT2D eigenvalue weighted by Crippen LogP contribution is -2.28. The van der Waals surface area contributed by atoms with E-state index in [2.05, 4.69) is 4.98 Å². The normalized spacial score (nSPS) is 22.0. The van der Waals surface area contributed by atoms with Gasteiger partial charge in [0.2, 0.25) is 18.0 Å². The van der Waals surface area contributed by atoms with Crippen molar-refractivity contribution in [2.75, 3.05) is 19.8 Å². The van der Waals surface area contributed by atoms with Gasteiger partial charge in [-0.2, -0.15) is 4.98 Å². The number of ether oxygens (including phenoxy) is 3. The summed E-state index contributed by atoms with van der Waals surface area (Å²) in [7, 11) is 0. The Balaban J connectivity index is 1.92. The molecule has 0 aliphatic carbocycles. The lowest BCUT2D eigenvalue weighted by molar-refractivity contribution is -0.149. The molecule has 2 heterocycles. The van der Waals surface area contributed by atoms with E-state index in [1.54, 1.807) is 0 Å². The van der Waals surface area contributed by atoms with Gasteiger partial charge in [-0.05, 0) is 6.07 Å². The summed E-state index contributed by atoms with van der Waals surface area (Å²) in [5, 5.41) is 9.20. The van der Waals surface area contributed by atoms with Gasteiger partial charge in [0.1, 0.15) is 11.1 Å². The SMILES string of the molecule is O=C(COc1nc(Cl)c(Cl)cc1Cl)C1OCC(CO)O1. The number of hydrogen-bond acceptors (Lipinski definition) is 6. The molecule has 2 atom stereocenters. The Morgan fingerprint density at radius 1 is 1.45 bits per heavy atom. The first kappa shape index (κ1) is 15.8. The van der Waals surface area contributed by atoms with E-state index in [0.29, 0.717) is 0 Å². The topological polar surface area (TPSA) is 77.9 Å². The zero-order valence-corrected chi connectivity index (χ0v) is 12.3. The van der Waals surface area contributed by atoms with E-state index in [1.165, 1.54) is 6.07 Å². The van der Waals surface area contributed by atoms with Crippen molar-refractivity contribution in [1.82, 2.24) is 4.98 Å². The van der Waals surface area contributed by atoms with Crippen molar-refractivity contribution in [3.05, 3.63) is 21.3 Å². The van der Waals surface area contributed by atoms with E-state index < -0.39 is 18.2 Å². The van der Waals surface area contributed by atoms with Gasteiger partial charge >= 0.3 is 0 Å². The lowest BCUT2D eigenvalue weighted by Gasteiger charge is -2.11. The maximum Gasteiger partial charge on any atom is 0.234 e. The van der Waals surface area contributed by atoms with E-state index in [-0.39, 0.29) is 40.9 Å². The lowest BCUT2D eigenvalue weighted by atomic mass is 10.4. The first-order chi connectivity index (χ1) is 9.51.